The fourth-order valence-corrected chi connectivity index (χ4v) is 1.50. The number of hydrogen-bond donors (Lipinski definition) is 0. The summed E-state index contributed by atoms with van der Waals surface area (Å²) in [5.41, 5.74) is -0.614. The molecule has 0 aromatic carbocycles. The van der Waals surface area contributed by atoms with Gasteiger partial charge in [-0.1, -0.05) is 0 Å². The second-order valence-electron chi connectivity index (χ2n) is 3.02. The van der Waals surface area contributed by atoms with Crippen molar-refractivity contribution in [2.24, 2.45) is 5.41 Å². The molecule has 2 aliphatic rings. The third-order valence-electron chi connectivity index (χ3n) is 2.23. The van der Waals surface area contributed by atoms with E-state index >= 15 is 0 Å². The van der Waals surface area contributed by atoms with Gasteiger partial charge < -0.3 is 9.47 Å². The second kappa shape index (κ2) is 2.04. The van der Waals surface area contributed by atoms with E-state index < -0.39 is 17.4 Å². The predicted octanol–water partition coefficient (Wildman–Crippen LogP) is -0.133. The first-order valence-corrected chi connectivity index (χ1v) is 3.56. The Hall–Kier alpha value is -0.900. The smallest absolute Gasteiger partial charge is 0.322 e. The molecule has 2 aliphatic heterocycles. The third kappa shape index (κ3) is 0.860. The lowest BCUT2D eigenvalue weighted by atomic mass is 9.86. The van der Waals surface area contributed by atoms with Crippen molar-refractivity contribution in [3.8, 4) is 0 Å². The fraction of sp³-hybridized carbons (Fsp3) is 0.714. The first-order valence-electron chi connectivity index (χ1n) is 3.56. The maximum Gasteiger partial charge on any atom is 0.322 e. The highest BCUT2D eigenvalue weighted by molar-refractivity contribution is 5.97. The molecule has 0 aliphatic carbocycles. The molecule has 2 fully saturated rings. The maximum absolute atomic E-state index is 11.1. The van der Waals surface area contributed by atoms with E-state index in [1.807, 2.05) is 0 Å². The molecule has 1 spiro atoms. The lowest BCUT2D eigenvalue weighted by Crippen LogP contribution is -2.26. The van der Waals surface area contributed by atoms with Crippen molar-refractivity contribution >= 4 is 11.9 Å². The first kappa shape index (κ1) is 6.79. The van der Waals surface area contributed by atoms with E-state index in [4.69, 9.17) is 4.74 Å². The lowest BCUT2D eigenvalue weighted by molar-refractivity contribution is -0.155. The summed E-state index contributed by atoms with van der Waals surface area (Å²) in [6.45, 7) is 0.903. The minimum atomic E-state index is -0.614. The van der Waals surface area contributed by atoms with E-state index in [2.05, 4.69) is 4.74 Å². The quantitative estimate of drug-likeness (QED) is 0.362. The first-order chi connectivity index (χ1) is 5.23. The number of esters is 2. The van der Waals surface area contributed by atoms with Gasteiger partial charge in [0.15, 0.2) is 0 Å². The van der Waals surface area contributed by atoms with Crippen molar-refractivity contribution in [3.63, 3.8) is 0 Å². The Morgan fingerprint density at radius 1 is 1.36 bits per heavy atom. The Bertz CT molecular complexity index is 214. The van der Waals surface area contributed by atoms with Crippen LogP contribution in [0.2, 0.25) is 0 Å². The monoisotopic (exact) mass is 156 g/mol. The number of carbonyl (C=O) groups is 2. The average molecular weight is 156 g/mol. The van der Waals surface area contributed by atoms with Gasteiger partial charge in [0.05, 0.1) is 13.0 Å². The van der Waals surface area contributed by atoms with Crippen molar-refractivity contribution in [2.45, 2.75) is 12.8 Å². The molecule has 1 atom stereocenters. The maximum atomic E-state index is 11.1. The van der Waals surface area contributed by atoms with Crippen LogP contribution in [0.4, 0.5) is 0 Å². The standard InChI is InChI=1S/C7H8O4/c8-5-3-7(6(9)11-5)1-2-10-4-7/h1-4H2/t7-/m1/s1. The number of cyclic esters (lactones) is 2. The lowest BCUT2D eigenvalue weighted by Gasteiger charge is -2.11. The van der Waals surface area contributed by atoms with Crippen molar-refractivity contribution < 1.29 is 19.1 Å². The molecule has 0 saturated carbocycles. The summed E-state index contributed by atoms with van der Waals surface area (Å²) in [6, 6.07) is 0. The molecule has 4 nitrogen and oxygen atoms in total. The summed E-state index contributed by atoms with van der Waals surface area (Å²) in [5.74, 6) is -0.819. The summed E-state index contributed by atoms with van der Waals surface area (Å²) in [4.78, 5) is 21.8. The highest BCUT2D eigenvalue weighted by atomic mass is 16.6. The van der Waals surface area contributed by atoms with Crippen molar-refractivity contribution in [1.29, 1.82) is 0 Å². The van der Waals surface area contributed by atoms with E-state index in [0.29, 0.717) is 19.6 Å². The Kier molecular flexibility index (Phi) is 1.26. The number of ether oxygens (including phenoxy) is 2. The highest BCUT2D eigenvalue weighted by Crippen LogP contribution is 2.38. The van der Waals surface area contributed by atoms with Crippen LogP contribution < -0.4 is 0 Å². The third-order valence-corrected chi connectivity index (χ3v) is 2.23. The second-order valence-corrected chi connectivity index (χ2v) is 3.02. The Morgan fingerprint density at radius 3 is 2.64 bits per heavy atom. The highest BCUT2D eigenvalue weighted by Gasteiger charge is 2.51. The van der Waals surface area contributed by atoms with E-state index in [1.54, 1.807) is 0 Å². The molecule has 4 heteroatoms. The average Bonchev–Trinajstić information content (AvgIpc) is 2.45. The van der Waals surface area contributed by atoms with E-state index in [-0.39, 0.29) is 6.42 Å². The Balaban J connectivity index is 2.24. The molecule has 2 saturated heterocycles. The topological polar surface area (TPSA) is 52.6 Å². The Labute approximate surface area is 63.5 Å². The van der Waals surface area contributed by atoms with Gasteiger partial charge >= 0.3 is 11.9 Å². The molecule has 0 aromatic heterocycles. The van der Waals surface area contributed by atoms with Gasteiger partial charge in [-0.15, -0.1) is 0 Å². The van der Waals surface area contributed by atoms with Gasteiger partial charge in [-0.3, -0.25) is 9.59 Å². The molecule has 11 heavy (non-hydrogen) atoms. The van der Waals surface area contributed by atoms with Gasteiger partial charge in [0.25, 0.3) is 0 Å². The molecule has 0 unspecified atom stereocenters. The number of hydrogen-bond acceptors (Lipinski definition) is 4. The molecule has 0 bridgehead atoms. The van der Waals surface area contributed by atoms with Crippen molar-refractivity contribution in [2.75, 3.05) is 13.2 Å². The van der Waals surface area contributed by atoms with Crippen molar-refractivity contribution in [1.82, 2.24) is 0 Å². The number of carbonyl (C=O) groups excluding carboxylic acids is 2. The van der Waals surface area contributed by atoms with Crippen LogP contribution in [0.3, 0.4) is 0 Å². The predicted molar refractivity (Wildman–Crippen MR) is 33.6 cm³/mol. The summed E-state index contributed by atoms with van der Waals surface area (Å²) < 4.78 is 9.49. The molecule has 0 N–H and O–H groups in total. The van der Waals surface area contributed by atoms with Crippen LogP contribution in [0.1, 0.15) is 12.8 Å². The van der Waals surface area contributed by atoms with E-state index in [9.17, 15) is 9.59 Å². The van der Waals surface area contributed by atoms with Gasteiger partial charge in [0.1, 0.15) is 5.41 Å². The minimum Gasteiger partial charge on any atom is -0.393 e. The zero-order chi connectivity index (χ0) is 7.90. The molecular weight excluding hydrogens is 148 g/mol. The molecule has 2 rings (SSSR count). The number of rotatable bonds is 0. The minimum absolute atomic E-state index is 0.200. The fourth-order valence-electron chi connectivity index (χ4n) is 1.50. The normalized spacial score (nSPS) is 36.7. The van der Waals surface area contributed by atoms with Crippen molar-refractivity contribution in [3.05, 3.63) is 0 Å². The largest absolute Gasteiger partial charge is 0.393 e. The van der Waals surface area contributed by atoms with Gasteiger partial charge in [-0.2, -0.15) is 0 Å². The van der Waals surface area contributed by atoms with E-state index in [1.165, 1.54) is 0 Å². The summed E-state index contributed by atoms with van der Waals surface area (Å²) >= 11 is 0. The zero-order valence-electron chi connectivity index (χ0n) is 5.96. The molecule has 0 amide bonds. The summed E-state index contributed by atoms with van der Waals surface area (Å²) in [7, 11) is 0. The van der Waals surface area contributed by atoms with Crippen LogP contribution in [0.5, 0.6) is 0 Å². The van der Waals surface area contributed by atoms with Crippen LogP contribution >= 0.6 is 0 Å². The van der Waals surface area contributed by atoms with Gasteiger partial charge in [-0.25, -0.2) is 0 Å². The summed E-state index contributed by atoms with van der Waals surface area (Å²) in [6.07, 6.45) is 0.823. The zero-order valence-corrected chi connectivity index (χ0v) is 5.96. The van der Waals surface area contributed by atoms with E-state index in [0.717, 1.165) is 0 Å². The molecule has 0 aromatic rings. The van der Waals surface area contributed by atoms with Gasteiger partial charge in [0.2, 0.25) is 0 Å². The van der Waals surface area contributed by atoms with Crippen LogP contribution in [-0.4, -0.2) is 25.2 Å². The molecule has 2 heterocycles. The van der Waals surface area contributed by atoms with Crippen LogP contribution in [0, 0.1) is 5.41 Å². The van der Waals surface area contributed by atoms with Gasteiger partial charge in [0, 0.05) is 6.61 Å². The van der Waals surface area contributed by atoms with Gasteiger partial charge in [-0.05, 0) is 6.42 Å². The Morgan fingerprint density at radius 2 is 2.18 bits per heavy atom. The summed E-state index contributed by atoms with van der Waals surface area (Å²) in [5, 5.41) is 0. The molecular formula is C7H8O4. The SMILES string of the molecule is O=C1C[C@@]2(CCOC2)C(=O)O1. The van der Waals surface area contributed by atoms with Crippen LogP contribution in [0.25, 0.3) is 0 Å². The van der Waals surface area contributed by atoms with Crippen LogP contribution in [-0.2, 0) is 19.1 Å². The van der Waals surface area contributed by atoms with Crippen LogP contribution in [0.15, 0.2) is 0 Å². The molecule has 60 valence electrons. The molecule has 0 radical (unpaired) electrons.